The number of hydrogen-bond donors (Lipinski definition) is 3. The van der Waals surface area contributed by atoms with Crippen LogP contribution >= 0.6 is 0 Å². The van der Waals surface area contributed by atoms with Gasteiger partial charge in [0, 0.05) is 6.42 Å². The number of rotatable bonds is 34. The van der Waals surface area contributed by atoms with Gasteiger partial charge < -0.3 is 15.5 Å². The summed E-state index contributed by atoms with van der Waals surface area (Å²) >= 11 is 0. The van der Waals surface area contributed by atoms with Gasteiger partial charge >= 0.3 is 0 Å². The van der Waals surface area contributed by atoms with Gasteiger partial charge in [0.15, 0.2) is 0 Å². The van der Waals surface area contributed by atoms with Crippen molar-refractivity contribution in [3.63, 3.8) is 0 Å². The van der Waals surface area contributed by atoms with Crippen molar-refractivity contribution in [2.24, 2.45) is 0 Å². The van der Waals surface area contributed by atoms with Crippen LogP contribution < -0.4 is 5.32 Å². The van der Waals surface area contributed by atoms with Crippen molar-refractivity contribution in [2.45, 2.75) is 212 Å². The van der Waals surface area contributed by atoms with Gasteiger partial charge in [0.1, 0.15) is 0 Å². The highest BCUT2D eigenvalue weighted by molar-refractivity contribution is 5.76. The zero-order chi connectivity index (χ0) is 31.5. The predicted octanol–water partition coefficient (Wildman–Crippen LogP) is 11.3. The van der Waals surface area contributed by atoms with Crippen molar-refractivity contribution in [3.8, 4) is 0 Å². The molecule has 0 spiro atoms. The van der Waals surface area contributed by atoms with E-state index in [2.05, 4.69) is 31.3 Å². The van der Waals surface area contributed by atoms with E-state index >= 15 is 0 Å². The Morgan fingerprint density at radius 1 is 0.535 bits per heavy atom. The minimum atomic E-state index is -0.839. The molecule has 0 aliphatic carbocycles. The molecule has 0 aliphatic heterocycles. The van der Waals surface area contributed by atoms with Crippen molar-refractivity contribution >= 4 is 5.91 Å². The van der Waals surface area contributed by atoms with E-state index in [1.807, 2.05) is 6.08 Å². The molecular formula is C39H75NO3. The molecule has 2 unspecified atom stereocenters. The Morgan fingerprint density at radius 3 is 1.35 bits per heavy atom. The summed E-state index contributed by atoms with van der Waals surface area (Å²) in [4.78, 5) is 12.2. The third-order valence-electron chi connectivity index (χ3n) is 8.68. The summed E-state index contributed by atoms with van der Waals surface area (Å²) in [5.74, 6) is -0.0789. The molecular weight excluding hydrogens is 530 g/mol. The highest BCUT2D eigenvalue weighted by atomic mass is 16.3. The van der Waals surface area contributed by atoms with E-state index in [-0.39, 0.29) is 12.5 Å². The molecule has 0 saturated heterocycles. The average molecular weight is 606 g/mol. The molecule has 254 valence electrons. The number of aliphatic hydroxyl groups excluding tert-OH is 2. The van der Waals surface area contributed by atoms with Crippen LogP contribution in [0.5, 0.6) is 0 Å². The molecule has 0 aliphatic rings. The zero-order valence-corrected chi connectivity index (χ0v) is 29.0. The van der Waals surface area contributed by atoms with E-state index in [4.69, 9.17) is 0 Å². The smallest absolute Gasteiger partial charge is 0.220 e. The molecule has 0 saturated carbocycles. The molecule has 4 nitrogen and oxygen atoms in total. The maximum Gasteiger partial charge on any atom is 0.220 e. The lowest BCUT2D eigenvalue weighted by atomic mass is 10.0. The molecule has 0 fully saturated rings. The van der Waals surface area contributed by atoms with Crippen LogP contribution in [0.25, 0.3) is 0 Å². The van der Waals surface area contributed by atoms with Crippen LogP contribution in [0.3, 0.4) is 0 Å². The Balaban J connectivity index is 3.56. The minimum Gasteiger partial charge on any atom is -0.394 e. The SMILES string of the molecule is CCCC/C=C\CCCCCCC(=O)NC(CO)C(O)/C=C/CCCCCCCCCCCCCCCCCCCCC. The normalized spacial score (nSPS) is 13.3. The van der Waals surface area contributed by atoms with Gasteiger partial charge in [-0.05, 0) is 38.5 Å². The molecule has 3 N–H and O–H groups in total. The first kappa shape index (κ1) is 41.9. The largest absolute Gasteiger partial charge is 0.394 e. The average Bonchev–Trinajstić information content (AvgIpc) is 3.01. The minimum absolute atomic E-state index is 0.0789. The molecule has 1 amide bonds. The van der Waals surface area contributed by atoms with Crippen LogP contribution in [0.1, 0.15) is 200 Å². The van der Waals surface area contributed by atoms with Crippen LogP contribution in [0.2, 0.25) is 0 Å². The van der Waals surface area contributed by atoms with Gasteiger partial charge in [-0.15, -0.1) is 0 Å². The van der Waals surface area contributed by atoms with Crippen molar-refractivity contribution < 1.29 is 15.0 Å². The topological polar surface area (TPSA) is 69.6 Å². The van der Waals surface area contributed by atoms with Crippen LogP contribution in [-0.4, -0.2) is 34.9 Å². The number of carbonyl (C=O) groups excluding carboxylic acids is 1. The molecule has 0 aromatic heterocycles. The van der Waals surface area contributed by atoms with Gasteiger partial charge in [0.05, 0.1) is 18.8 Å². The second-order valence-electron chi connectivity index (χ2n) is 13.0. The van der Waals surface area contributed by atoms with Gasteiger partial charge in [0.25, 0.3) is 0 Å². The second kappa shape index (κ2) is 35.4. The first-order chi connectivity index (χ1) is 21.2. The second-order valence-corrected chi connectivity index (χ2v) is 13.0. The van der Waals surface area contributed by atoms with Gasteiger partial charge in [-0.2, -0.15) is 0 Å². The molecule has 0 radical (unpaired) electrons. The lowest BCUT2D eigenvalue weighted by Gasteiger charge is -2.20. The summed E-state index contributed by atoms with van der Waals surface area (Å²) in [6.45, 7) is 4.26. The van der Waals surface area contributed by atoms with Crippen molar-refractivity contribution in [1.29, 1.82) is 0 Å². The van der Waals surface area contributed by atoms with Crippen LogP contribution in [0.4, 0.5) is 0 Å². The Kier molecular flexibility index (Phi) is 34.4. The summed E-state index contributed by atoms with van der Waals surface area (Å²) in [6.07, 6.45) is 44.2. The molecule has 0 bridgehead atoms. The standard InChI is InChI=1S/C39H75NO3/c1-3-5-7-9-11-13-15-16-17-18-19-20-21-22-23-24-25-26-28-30-32-34-38(42)37(36-41)40-39(43)35-33-31-29-27-14-12-10-8-6-4-2/h10,12,32,34,37-38,41-42H,3-9,11,13-31,33,35-36H2,1-2H3,(H,40,43)/b12-10-,34-32+. The van der Waals surface area contributed by atoms with Gasteiger partial charge in [-0.25, -0.2) is 0 Å². The fourth-order valence-corrected chi connectivity index (χ4v) is 5.69. The predicted molar refractivity (Wildman–Crippen MR) is 189 cm³/mol. The molecule has 0 rings (SSSR count). The highest BCUT2D eigenvalue weighted by Crippen LogP contribution is 2.15. The van der Waals surface area contributed by atoms with Gasteiger partial charge in [-0.3, -0.25) is 4.79 Å². The molecule has 4 heteroatoms. The zero-order valence-electron chi connectivity index (χ0n) is 29.0. The number of carbonyl (C=O) groups is 1. The number of hydrogen-bond acceptors (Lipinski definition) is 3. The summed E-state index contributed by atoms with van der Waals surface area (Å²) in [5.41, 5.74) is 0. The lowest BCUT2D eigenvalue weighted by molar-refractivity contribution is -0.123. The van der Waals surface area contributed by atoms with Gasteiger partial charge in [0.2, 0.25) is 5.91 Å². The number of allylic oxidation sites excluding steroid dienone is 3. The van der Waals surface area contributed by atoms with Crippen LogP contribution in [0.15, 0.2) is 24.3 Å². The Hall–Kier alpha value is -1.13. The number of amides is 1. The highest BCUT2D eigenvalue weighted by Gasteiger charge is 2.17. The fourth-order valence-electron chi connectivity index (χ4n) is 5.69. The number of unbranched alkanes of at least 4 members (excludes halogenated alkanes) is 25. The van der Waals surface area contributed by atoms with E-state index in [9.17, 15) is 15.0 Å². The maximum absolute atomic E-state index is 12.2. The van der Waals surface area contributed by atoms with E-state index < -0.39 is 12.1 Å². The summed E-state index contributed by atoms with van der Waals surface area (Å²) in [5, 5.41) is 22.9. The van der Waals surface area contributed by atoms with Crippen molar-refractivity contribution in [2.75, 3.05) is 6.61 Å². The number of nitrogens with one attached hydrogen (secondary N) is 1. The van der Waals surface area contributed by atoms with Crippen molar-refractivity contribution in [1.82, 2.24) is 5.32 Å². The summed E-state index contributed by atoms with van der Waals surface area (Å²) < 4.78 is 0. The molecule has 0 heterocycles. The number of aliphatic hydroxyl groups is 2. The van der Waals surface area contributed by atoms with Crippen LogP contribution in [0, 0.1) is 0 Å². The van der Waals surface area contributed by atoms with Crippen molar-refractivity contribution in [3.05, 3.63) is 24.3 Å². The van der Waals surface area contributed by atoms with E-state index in [1.165, 1.54) is 141 Å². The van der Waals surface area contributed by atoms with E-state index in [0.717, 1.165) is 38.5 Å². The first-order valence-corrected chi connectivity index (χ1v) is 19.1. The maximum atomic E-state index is 12.2. The third-order valence-corrected chi connectivity index (χ3v) is 8.68. The van der Waals surface area contributed by atoms with Crippen LogP contribution in [-0.2, 0) is 4.79 Å². The monoisotopic (exact) mass is 606 g/mol. The molecule has 0 aromatic rings. The Labute approximate surface area is 269 Å². The van der Waals surface area contributed by atoms with Gasteiger partial charge in [-0.1, -0.05) is 179 Å². The molecule has 2 atom stereocenters. The Bertz CT molecular complexity index is 618. The quantitative estimate of drug-likeness (QED) is 0.0505. The first-order valence-electron chi connectivity index (χ1n) is 19.1. The van der Waals surface area contributed by atoms with E-state index in [0.29, 0.717) is 6.42 Å². The lowest BCUT2D eigenvalue weighted by Crippen LogP contribution is -2.45. The molecule has 0 aromatic carbocycles. The Morgan fingerprint density at radius 2 is 0.907 bits per heavy atom. The molecule has 43 heavy (non-hydrogen) atoms. The fraction of sp³-hybridized carbons (Fsp3) is 0.872. The summed E-state index contributed by atoms with van der Waals surface area (Å²) in [7, 11) is 0. The third kappa shape index (κ3) is 32.1. The summed E-state index contributed by atoms with van der Waals surface area (Å²) in [6, 6.07) is -0.623. The van der Waals surface area contributed by atoms with E-state index in [1.54, 1.807) is 6.08 Å².